The molecule has 0 bridgehead atoms. The van der Waals surface area contributed by atoms with Crippen molar-refractivity contribution >= 4 is 11.4 Å². The van der Waals surface area contributed by atoms with Crippen LogP contribution in [0.15, 0.2) is 201 Å². The lowest BCUT2D eigenvalue weighted by Crippen LogP contribution is -2.47. The lowest BCUT2D eigenvalue weighted by atomic mass is 9.93. The predicted molar refractivity (Wildman–Crippen MR) is 598 cm³/mol. The highest BCUT2D eigenvalue weighted by Gasteiger charge is 2.32. The molecule has 18 rings (SSSR count). The molecule has 8 aliphatic rings. The molecule has 20 nitrogen and oxygen atoms in total. The molecule has 772 valence electrons. The standard InChI is InChI=1S/C29H44N6.C26H39N5.2C23H33N3.C22H31N3/c1-24-8-6-11-31-28(24)23-34(17-7-16-33-14-3-2-4-15-33)22-26-20-27-25(21-32-26)9-5-10-29(27)35-18-12-30-13-19-35;1-3-4-5-13-30(19-23-10-9-21(2)17-28-23)20-24-16-25-22(18-29-24)7-6-8-26(25)31-14-11-27-12-15-31;1-4-5-8-14-26(19(3)23-18(2)10-9-13-24-23)17-22-15-20-11-6-7-12-21(20)16-25-22;1-4-5-8-13-26(19(3)23-12-11-18(2)15-25-23)17-22-14-20-9-6-7-10-21(20)16-24-22;1-3-4-7-12-25(16-21-13-18(2)10-11-23-21)17-22-14-19-8-5-6-9-20(19)15-24-22/h5-6,8-11,26,30,32H,2-4,7,12-23H2,1H3;6-10,17,24,27,29H,3-5,11-16,18-20H2,1-2H3;6-7,9-13,19,22,25H,4-5,8,14-17H2,1-3H3;6-7,9-12,15,19,22,24H,4-5,8,13-14,16-17H2,1-3H3;5-6,8-11,13,22,24H,3-4,7,12,14-17H2,1-2H3/t26-;24-;2*19-,22+;22-/m11001/s1. The Morgan fingerprint density at radius 1 is 0.336 bits per heavy atom. The minimum absolute atomic E-state index is 0.353. The lowest BCUT2D eigenvalue weighted by Gasteiger charge is -2.36. The molecule has 5 aromatic carbocycles. The SMILES string of the molecule is CCCCCN(C[C@H]1Cc2ccccc2CN1)[C@@H](C)c1ccc(C)cn1.CCCCCN(C[C@H]1Cc2ccccc2CN1)[C@@H](C)c1ncccc1C.CCCCCN(Cc1cc(C)ccn1)C[C@H]1Cc2ccccc2CN1.CCCCCN(Cc1ccc(C)cn1)C[C@H]1Cc2c(cccc2N2CCNCC2)CN1.Cc1cccnc1CN(CCCN1CCCCC1)C[C@H]1Cc2c(cccc2N2CCNCC2)CN1. The molecular weight excluding hydrogens is 1760 g/mol. The molecule has 20 heteroatoms. The van der Waals surface area contributed by atoms with Crippen molar-refractivity contribution in [2.75, 3.05) is 147 Å². The number of nitrogens with zero attached hydrogens (tertiary/aromatic N) is 13. The minimum Gasteiger partial charge on any atom is -0.369 e. The summed E-state index contributed by atoms with van der Waals surface area (Å²) in [5.74, 6) is 0. The number of nitrogens with one attached hydrogen (secondary N) is 7. The van der Waals surface area contributed by atoms with Crippen LogP contribution in [0.5, 0.6) is 0 Å². The summed E-state index contributed by atoms with van der Waals surface area (Å²) in [6.07, 6.45) is 36.1. The Balaban J connectivity index is 0.000000143. The number of piperazine rings is 2. The molecule has 0 radical (unpaired) electrons. The maximum atomic E-state index is 4.74. The third kappa shape index (κ3) is 35.1. The van der Waals surface area contributed by atoms with E-state index in [9.17, 15) is 0 Å². The molecule has 10 aromatic rings. The third-order valence-corrected chi connectivity index (χ3v) is 31.1. The molecule has 0 saturated carbocycles. The topological polar surface area (TPSA) is 175 Å². The maximum Gasteiger partial charge on any atom is 0.0601 e. The van der Waals surface area contributed by atoms with Crippen LogP contribution in [0.2, 0.25) is 0 Å². The Morgan fingerprint density at radius 2 is 0.762 bits per heavy atom. The van der Waals surface area contributed by atoms with E-state index < -0.39 is 0 Å². The van der Waals surface area contributed by atoms with Gasteiger partial charge in [-0.15, -0.1) is 0 Å². The average molecular weight is 1940 g/mol. The zero-order chi connectivity index (χ0) is 99.5. The fourth-order valence-corrected chi connectivity index (χ4v) is 22.5. The van der Waals surface area contributed by atoms with Crippen LogP contribution in [0.1, 0.15) is 268 Å². The first-order valence-corrected chi connectivity index (χ1v) is 56.0. The van der Waals surface area contributed by atoms with Crippen LogP contribution in [0.4, 0.5) is 11.4 Å². The van der Waals surface area contributed by atoms with E-state index in [-0.39, 0.29) is 0 Å². The molecule has 0 aliphatic carbocycles. The number of pyridine rings is 5. The first-order chi connectivity index (χ1) is 70.1. The molecule has 0 amide bonds. The van der Waals surface area contributed by atoms with Crippen LogP contribution in [0.25, 0.3) is 0 Å². The van der Waals surface area contributed by atoms with Crippen molar-refractivity contribution in [1.82, 2.24) is 91.5 Å². The van der Waals surface area contributed by atoms with E-state index in [2.05, 4.69) is 326 Å². The number of piperidine rings is 1. The lowest BCUT2D eigenvalue weighted by molar-refractivity contribution is 0.176. The van der Waals surface area contributed by atoms with Crippen molar-refractivity contribution in [3.63, 3.8) is 0 Å². The van der Waals surface area contributed by atoms with Gasteiger partial charge in [0.15, 0.2) is 0 Å². The minimum atomic E-state index is 0.353. The molecule has 13 heterocycles. The van der Waals surface area contributed by atoms with Crippen molar-refractivity contribution in [1.29, 1.82) is 0 Å². The summed E-state index contributed by atoms with van der Waals surface area (Å²) >= 11 is 0. The van der Waals surface area contributed by atoms with Gasteiger partial charge in [-0.3, -0.25) is 49.4 Å². The molecule has 3 saturated heterocycles. The van der Waals surface area contributed by atoms with Gasteiger partial charge in [0.05, 0.1) is 28.5 Å². The second-order valence-electron chi connectivity index (χ2n) is 42.5. The molecule has 8 aliphatic heterocycles. The number of rotatable bonds is 42. The van der Waals surface area contributed by atoms with E-state index in [1.165, 1.54) is 235 Å². The van der Waals surface area contributed by atoms with E-state index in [1.807, 2.05) is 37.1 Å². The molecule has 0 unspecified atom stereocenters. The van der Waals surface area contributed by atoms with Crippen LogP contribution in [-0.4, -0.2) is 222 Å². The zero-order valence-electron chi connectivity index (χ0n) is 89.8. The normalized spacial score (nSPS) is 18.8. The summed E-state index contributed by atoms with van der Waals surface area (Å²) in [6.45, 7) is 55.9. The van der Waals surface area contributed by atoms with Gasteiger partial charge in [0.1, 0.15) is 0 Å². The Kier molecular flexibility index (Phi) is 45.7. The average Bonchev–Trinajstić information content (AvgIpc) is 0.796. The third-order valence-electron chi connectivity index (χ3n) is 31.1. The van der Waals surface area contributed by atoms with E-state index >= 15 is 0 Å². The fraction of sp³-hybridized carbons (Fsp3) is 0.553. The summed E-state index contributed by atoms with van der Waals surface area (Å²) in [4.78, 5) is 44.3. The van der Waals surface area contributed by atoms with Crippen LogP contribution in [-0.2, 0) is 84.5 Å². The fourth-order valence-electron chi connectivity index (χ4n) is 22.5. The maximum absolute atomic E-state index is 4.74. The quantitative estimate of drug-likeness (QED) is 0.0180. The van der Waals surface area contributed by atoms with Crippen molar-refractivity contribution < 1.29 is 0 Å². The van der Waals surface area contributed by atoms with E-state index in [4.69, 9.17) is 15.0 Å². The molecule has 5 aromatic heterocycles. The summed E-state index contributed by atoms with van der Waals surface area (Å²) in [5, 5.41) is 25.9. The van der Waals surface area contributed by atoms with Crippen molar-refractivity contribution in [3.05, 3.63) is 313 Å². The molecule has 7 N–H and O–H groups in total. The number of benzene rings is 5. The summed E-state index contributed by atoms with van der Waals surface area (Å²) in [6, 6.07) is 65.0. The highest BCUT2D eigenvalue weighted by atomic mass is 15.2. The highest BCUT2D eigenvalue weighted by Crippen LogP contribution is 2.34. The Bertz CT molecular complexity index is 5300. The van der Waals surface area contributed by atoms with Crippen LogP contribution in [0.3, 0.4) is 0 Å². The van der Waals surface area contributed by atoms with Gasteiger partial charge in [-0.05, 0) is 310 Å². The van der Waals surface area contributed by atoms with Gasteiger partial charge in [0.25, 0.3) is 0 Å². The summed E-state index contributed by atoms with van der Waals surface area (Å²) in [5.41, 5.74) is 30.2. The monoisotopic (exact) mass is 1940 g/mol. The van der Waals surface area contributed by atoms with Crippen molar-refractivity contribution in [3.8, 4) is 0 Å². The predicted octanol–water partition coefficient (Wildman–Crippen LogP) is 20.1. The summed E-state index contributed by atoms with van der Waals surface area (Å²) < 4.78 is 0. The number of anilines is 2. The molecular formula is C123H180N20. The van der Waals surface area contributed by atoms with Gasteiger partial charge >= 0.3 is 0 Å². The van der Waals surface area contributed by atoms with Gasteiger partial charge in [0.2, 0.25) is 0 Å². The zero-order valence-corrected chi connectivity index (χ0v) is 89.8. The number of hydrogen-bond acceptors (Lipinski definition) is 20. The Morgan fingerprint density at radius 3 is 1.23 bits per heavy atom. The number of hydrogen-bond donors (Lipinski definition) is 7. The van der Waals surface area contributed by atoms with Crippen LogP contribution < -0.4 is 47.0 Å². The Labute approximate surface area is 863 Å². The van der Waals surface area contributed by atoms with Gasteiger partial charge in [-0.25, -0.2) is 0 Å². The number of unbranched alkanes of at least 4 members (excludes halogenated alkanes) is 8. The molecule has 3 fully saturated rings. The number of aromatic nitrogens is 5. The van der Waals surface area contributed by atoms with Gasteiger partial charge in [-0.1, -0.05) is 207 Å². The smallest absolute Gasteiger partial charge is 0.0601 e. The van der Waals surface area contributed by atoms with E-state index in [0.717, 1.165) is 202 Å². The first kappa shape index (κ1) is 110. The van der Waals surface area contributed by atoms with Crippen molar-refractivity contribution in [2.45, 2.75) is 306 Å². The van der Waals surface area contributed by atoms with Gasteiger partial charge < -0.3 is 51.9 Å². The van der Waals surface area contributed by atoms with Gasteiger partial charge in [-0.2, -0.15) is 0 Å². The van der Waals surface area contributed by atoms with E-state index in [1.54, 1.807) is 11.1 Å². The Hall–Kier alpha value is -9.07. The molecule has 0 spiro atoms. The first-order valence-electron chi connectivity index (χ1n) is 56.0. The number of likely N-dealkylation sites (tertiary alicyclic amines) is 1. The second-order valence-corrected chi connectivity index (χ2v) is 42.5. The molecule has 143 heavy (non-hydrogen) atoms. The number of fused-ring (bicyclic) bond motifs is 5. The van der Waals surface area contributed by atoms with Crippen molar-refractivity contribution in [2.24, 2.45) is 0 Å². The largest absolute Gasteiger partial charge is 0.369 e. The van der Waals surface area contributed by atoms with Crippen LogP contribution >= 0.6 is 0 Å². The summed E-state index contributed by atoms with van der Waals surface area (Å²) in [7, 11) is 0. The molecule has 7 atom stereocenters. The number of aryl methyl sites for hydroxylation is 5. The van der Waals surface area contributed by atoms with Crippen LogP contribution in [0, 0.1) is 34.6 Å². The van der Waals surface area contributed by atoms with Gasteiger partial charge in [0, 0.05) is 222 Å². The second kappa shape index (κ2) is 59.7. The highest BCUT2D eigenvalue weighted by molar-refractivity contribution is 5.60. The van der Waals surface area contributed by atoms with E-state index in [0.29, 0.717) is 42.3 Å².